The van der Waals surface area contributed by atoms with Gasteiger partial charge in [-0.2, -0.15) is 0 Å². The van der Waals surface area contributed by atoms with Gasteiger partial charge in [0.05, 0.1) is 13.2 Å². The second-order valence-electron chi connectivity index (χ2n) is 10.4. The topological polar surface area (TPSA) is 31.4 Å². The summed E-state index contributed by atoms with van der Waals surface area (Å²) in [5.74, 6) is 1.44. The molecule has 2 aromatic carbocycles. The van der Waals surface area contributed by atoms with E-state index < -0.39 is 0 Å². The monoisotopic (exact) mass is 427 g/mol. The number of nitrogens with zero attached hydrogens (tertiary/aromatic N) is 1. The van der Waals surface area contributed by atoms with Crippen molar-refractivity contribution in [1.82, 2.24) is 4.98 Å². The molecule has 0 radical (unpaired) electrons. The average molecular weight is 428 g/mol. The highest BCUT2D eigenvalue weighted by Crippen LogP contribution is 2.35. The van der Waals surface area contributed by atoms with E-state index in [9.17, 15) is 0 Å². The highest BCUT2D eigenvalue weighted by molar-refractivity contribution is 5.72. The molecule has 0 N–H and O–H groups in total. The number of ether oxygens (including phenoxy) is 2. The minimum Gasteiger partial charge on any atom is -0.473 e. The van der Waals surface area contributed by atoms with Crippen LogP contribution in [-0.4, -0.2) is 18.2 Å². The molecule has 3 heteroatoms. The lowest BCUT2D eigenvalue weighted by Crippen LogP contribution is -2.41. The number of hydrogen-bond acceptors (Lipinski definition) is 3. The van der Waals surface area contributed by atoms with E-state index in [1.165, 1.54) is 44.5 Å². The van der Waals surface area contributed by atoms with Crippen LogP contribution in [0.1, 0.15) is 47.2 Å². The highest BCUT2D eigenvalue weighted by Gasteiger charge is 2.33. The first-order chi connectivity index (χ1) is 15.4. The summed E-state index contributed by atoms with van der Waals surface area (Å²) in [4.78, 5) is 4.53. The number of benzene rings is 2. The Labute approximate surface area is 191 Å². The number of pyridine rings is 1. The van der Waals surface area contributed by atoms with Gasteiger partial charge in [-0.15, -0.1) is 0 Å². The largest absolute Gasteiger partial charge is 0.473 e. The van der Waals surface area contributed by atoms with E-state index in [-0.39, 0.29) is 0 Å². The van der Waals surface area contributed by atoms with Crippen molar-refractivity contribution in [2.45, 2.75) is 53.6 Å². The number of aromatic nitrogens is 1. The van der Waals surface area contributed by atoms with Crippen molar-refractivity contribution in [3.63, 3.8) is 0 Å². The fourth-order valence-corrected chi connectivity index (χ4v) is 5.41. The summed E-state index contributed by atoms with van der Waals surface area (Å²) < 4.78 is 11.5. The van der Waals surface area contributed by atoms with Crippen LogP contribution in [0, 0.1) is 25.2 Å². The molecular weight excluding hydrogens is 394 g/mol. The molecule has 0 saturated carbocycles. The highest BCUT2D eigenvalue weighted by atomic mass is 16.5. The zero-order chi connectivity index (χ0) is 22.3. The normalized spacial score (nSPS) is 18.8. The minimum atomic E-state index is 0.293. The van der Waals surface area contributed by atoms with Gasteiger partial charge in [-0.1, -0.05) is 44.2 Å². The molecule has 1 aliphatic carbocycles. The molecule has 3 nitrogen and oxygen atoms in total. The summed E-state index contributed by atoms with van der Waals surface area (Å²) >= 11 is 0. The zero-order valence-electron chi connectivity index (χ0n) is 19.7. The molecule has 32 heavy (non-hydrogen) atoms. The van der Waals surface area contributed by atoms with E-state index in [1.807, 2.05) is 6.20 Å². The van der Waals surface area contributed by atoms with Gasteiger partial charge in [-0.25, -0.2) is 4.98 Å². The van der Waals surface area contributed by atoms with Crippen LogP contribution in [0.5, 0.6) is 5.88 Å². The van der Waals surface area contributed by atoms with Gasteiger partial charge in [0, 0.05) is 17.7 Å². The predicted molar refractivity (Wildman–Crippen MR) is 129 cm³/mol. The Morgan fingerprint density at radius 2 is 1.75 bits per heavy atom. The van der Waals surface area contributed by atoms with E-state index >= 15 is 0 Å². The van der Waals surface area contributed by atoms with Gasteiger partial charge >= 0.3 is 0 Å². The van der Waals surface area contributed by atoms with Crippen LogP contribution in [0.3, 0.4) is 0 Å². The molecule has 0 spiro atoms. The average Bonchev–Trinajstić information content (AvgIpc) is 3.10. The van der Waals surface area contributed by atoms with Gasteiger partial charge in [0.1, 0.15) is 6.61 Å². The molecular formula is C29H33NO2. The molecule has 1 aliphatic heterocycles. The summed E-state index contributed by atoms with van der Waals surface area (Å²) in [6.45, 7) is 11.3. The van der Waals surface area contributed by atoms with Crippen molar-refractivity contribution in [3.8, 4) is 17.0 Å². The quantitative estimate of drug-likeness (QED) is 0.465. The van der Waals surface area contributed by atoms with Crippen molar-refractivity contribution in [1.29, 1.82) is 0 Å². The third-order valence-corrected chi connectivity index (χ3v) is 6.92. The van der Waals surface area contributed by atoms with Crippen molar-refractivity contribution in [2.75, 3.05) is 13.2 Å². The van der Waals surface area contributed by atoms with Crippen LogP contribution in [0.25, 0.3) is 11.1 Å². The van der Waals surface area contributed by atoms with Gasteiger partial charge in [-0.3, -0.25) is 0 Å². The molecule has 3 aromatic rings. The lowest BCUT2D eigenvalue weighted by atomic mass is 9.80. The van der Waals surface area contributed by atoms with E-state index in [1.54, 1.807) is 0 Å². The molecule has 2 aliphatic rings. The van der Waals surface area contributed by atoms with Gasteiger partial charge in [-0.05, 0) is 89.6 Å². The minimum absolute atomic E-state index is 0.293. The van der Waals surface area contributed by atoms with Crippen molar-refractivity contribution in [2.24, 2.45) is 11.3 Å². The van der Waals surface area contributed by atoms with Crippen LogP contribution < -0.4 is 4.74 Å². The van der Waals surface area contributed by atoms with E-state index in [4.69, 9.17) is 9.47 Å². The molecule has 0 unspecified atom stereocenters. The van der Waals surface area contributed by atoms with E-state index in [0.717, 1.165) is 38.4 Å². The Morgan fingerprint density at radius 1 is 1.00 bits per heavy atom. The maximum absolute atomic E-state index is 6.07. The number of hydrogen-bond donors (Lipinski definition) is 0. The van der Waals surface area contributed by atoms with Crippen LogP contribution in [0.4, 0.5) is 0 Å². The Morgan fingerprint density at radius 3 is 2.47 bits per heavy atom. The zero-order valence-corrected chi connectivity index (χ0v) is 19.7. The predicted octanol–water partition coefficient (Wildman–Crippen LogP) is 6.26. The molecule has 166 valence electrons. The first kappa shape index (κ1) is 21.2. The number of fused-ring (bicyclic) bond motifs is 1. The lowest BCUT2D eigenvalue weighted by Gasteiger charge is -2.38. The molecule has 5 rings (SSSR count). The molecule has 1 aromatic heterocycles. The van der Waals surface area contributed by atoms with Crippen LogP contribution in [0.15, 0.2) is 48.7 Å². The maximum atomic E-state index is 6.07. The van der Waals surface area contributed by atoms with Crippen molar-refractivity contribution < 1.29 is 9.47 Å². The SMILES string of the molecule is Cc1cc(CC2(C)COC2)cc(C)c1-c1cccc(COc2cc3c(cn2)C[C@@H](C)C3)c1. The van der Waals surface area contributed by atoms with Gasteiger partial charge < -0.3 is 9.47 Å². The Bertz CT molecular complexity index is 1120. The summed E-state index contributed by atoms with van der Waals surface area (Å²) in [6.07, 6.45) is 5.34. The van der Waals surface area contributed by atoms with Gasteiger partial charge in [0.25, 0.3) is 0 Å². The molecule has 1 atom stereocenters. The Hall–Kier alpha value is -2.65. The van der Waals surface area contributed by atoms with Gasteiger partial charge in [0.15, 0.2) is 0 Å². The molecule has 0 amide bonds. The number of rotatable bonds is 6. The summed E-state index contributed by atoms with van der Waals surface area (Å²) in [5, 5.41) is 0. The van der Waals surface area contributed by atoms with E-state index in [2.05, 4.69) is 75.1 Å². The molecule has 1 fully saturated rings. The van der Waals surface area contributed by atoms with Crippen molar-refractivity contribution >= 4 is 0 Å². The van der Waals surface area contributed by atoms with Crippen LogP contribution in [0.2, 0.25) is 0 Å². The van der Waals surface area contributed by atoms with Gasteiger partial charge in [0.2, 0.25) is 5.88 Å². The molecule has 2 heterocycles. The van der Waals surface area contributed by atoms with Crippen LogP contribution in [-0.2, 0) is 30.6 Å². The second kappa shape index (κ2) is 8.37. The standard InChI is InChI=1S/C29H33NO2/c1-19-8-25-13-27(30-15-26(25)9-19)32-16-22-6-5-7-24(12-22)28-20(2)10-23(11-21(28)3)14-29(4)17-31-18-29/h5-7,10-13,15,19H,8-9,14,16-18H2,1-4H3/t19-/m0/s1. The summed E-state index contributed by atoms with van der Waals surface area (Å²) in [5.41, 5.74) is 10.9. The maximum Gasteiger partial charge on any atom is 0.213 e. The Kier molecular flexibility index (Phi) is 5.54. The third-order valence-electron chi connectivity index (χ3n) is 6.92. The summed E-state index contributed by atoms with van der Waals surface area (Å²) in [6, 6.07) is 15.6. The van der Waals surface area contributed by atoms with Crippen LogP contribution >= 0.6 is 0 Å². The first-order valence-corrected chi connectivity index (χ1v) is 11.8. The van der Waals surface area contributed by atoms with Crippen molar-refractivity contribution in [3.05, 3.63) is 82.0 Å². The molecule has 0 bridgehead atoms. The van der Waals surface area contributed by atoms with E-state index in [0.29, 0.717) is 17.9 Å². The smallest absolute Gasteiger partial charge is 0.213 e. The first-order valence-electron chi connectivity index (χ1n) is 11.8. The second-order valence-corrected chi connectivity index (χ2v) is 10.4. The lowest BCUT2D eigenvalue weighted by molar-refractivity contribution is -0.100. The Balaban J connectivity index is 1.32. The third kappa shape index (κ3) is 4.31. The number of aryl methyl sites for hydroxylation is 2. The summed E-state index contributed by atoms with van der Waals surface area (Å²) in [7, 11) is 0. The fourth-order valence-electron chi connectivity index (χ4n) is 5.41. The fraction of sp³-hybridized carbons (Fsp3) is 0.414. The molecule has 1 saturated heterocycles.